The van der Waals surface area contributed by atoms with Gasteiger partial charge in [0, 0.05) is 13.5 Å². The number of hydrogen-bond donors (Lipinski definition) is 0. The van der Waals surface area contributed by atoms with Crippen LogP contribution in [-0.2, 0) is 14.3 Å². The molecule has 0 aromatic rings. The molecule has 0 rings (SSSR count). The summed E-state index contributed by atoms with van der Waals surface area (Å²) in [6.07, 6.45) is 0.589. The van der Waals surface area contributed by atoms with Crippen molar-refractivity contribution < 1.29 is 14.3 Å². The van der Waals surface area contributed by atoms with E-state index in [2.05, 4.69) is 4.74 Å². The fraction of sp³-hybridized carbons (Fsp3) is 0.857. The van der Waals surface area contributed by atoms with Crippen LogP contribution in [-0.4, -0.2) is 29.6 Å². The number of methoxy groups -OCH3 is 1. The van der Waals surface area contributed by atoms with Gasteiger partial charge in [0.2, 0.25) is 0 Å². The Labute approximate surface area is 92.2 Å². The normalized spacial score (nSPS) is 13.9. The van der Waals surface area contributed by atoms with E-state index in [0.717, 1.165) is 0 Å². The molecular weight excluding hydrogens is 238 g/mol. The molecule has 0 amide bonds. The minimum Gasteiger partial charge on any atom is -0.462 e. The molecule has 0 radical (unpaired) electrons. The Hall–Kier alpha value is 0.300. The first-order valence-electron chi connectivity index (χ1n) is 3.64. The summed E-state index contributed by atoms with van der Waals surface area (Å²) < 4.78 is 7.60. The summed E-state index contributed by atoms with van der Waals surface area (Å²) in [6.45, 7) is 2.03. The molecule has 6 heteroatoms. The predicted molar refractivity (Wildman–Crippen MR) is 52.3 cm³/mol. The number of hydrogen-bond acceptors (Lipinski definition) is 3. The lowest BCUT2D eigenvalue weighted by Crippen LogP contribution is -2.23. The van der Waals surface area contributed by atoms with Crippen LogP contribution in [0.3, 0.4) is 0 Å². The fourth-order valence-electron chi connectivity index (χ4n) is 0.517. The molecule has 0 saturated carbocycles. The lowest BCUT2D eigenvalue weighted by Gasteiger charge is -2.12. The number of carbonyl (C=O) groups is 1. The third-order valence-corrected chi connectivity index (χ3v) is 1.85. The van der Waals surface area contributed by atoms with E-state index in [9.17, 15) is 4.79 Å². The second kappa shape index (κ2) is 5.91. The first-order chi connectivity index (χ1) is 5.88. The first kappa shape index (κ1) is 13.3. The summed E-state index contributed by atoms with van der Waals surface area (Å²) in [4.78, 5) is 10.9. The Morgan fingerprint density at radius 1 is 1.46 bits per heavy atom. The van der Waals surface area contributed by atoms with E-state index < -0.39 is 9.76 Å². The van der Waals surface area contributed by atoms with Gasteiger partial charge in [0.25, 0.3) is 3.79 Å². The van der Waals surface area contributed by atoms with E-state index in [-0.39, 0.29) is 12.7 Å². The van der Waals surface area contributed by atoms with Gasteiger partial charge in [-0.2, -0.15) is 0 Å². The van der Waals surface area contributed by atoms with Gasteiger partial charge in [0.15, 0.2) is 0 Å². The number of ether oxygens (including phenoxy) is 2. The molecule has 0 aliphatic heterocycles. The Morgan fingerprint density at radius 2 is 2.00 bits per heavy atom. The molecule has 0 fully saturated rings. The van der Waals surface area contributed by atoms with Gasteiger partial charge >= 0.3 is 5.97 Å². The summed E-state index contributed by atoms with van der Waals surface area (Å²) >= 11 is 15.8. The Kier molecular flexibility index (Phi) is 6.05. The Balaban J connectivity index is 3.60. The monoisotopic (exact) mass is 248 g/mol. The van der Waals surface area contributed by atoms with Crippen molar-refractivity contribution in [3.05, 3.63) is 0 Å². The smallest absolute Gasteiger partial charge is 0.358 e. The van der Waals surface area contributed by atoms with Crippen LogP contribution in [0.1, 0.15) is 13.3 Å². The zero-order chi connectivity index (χ0) is 10.5. The van der Waals surface area contributed by atoms with Crippen molar-refractivity contribution in [2.24, 2.45) is 0 Å². The molecule has 78 valence electrons. The standard InChI is InChI=1S/C7H11Cl3O3/c1-5(12-2)3-4-13-6(11)7(8,9)10/h5H,3-4H2,1-2H3. The van der Waals surface area contributed by atoms with Gasteiger partial charge in [-0.25, -0.2) is 4.79 Å². The van der Waals surface area contributed by atoms with Crippen molar-refractivity contribution in [3.63, 3.8) is 0 Å². The van der Waals surface area contributed by atoms with Crippen LogP contribution in [0.5, 0.6) is 0 Å². The molecule has 0 aliphatic carbocycles. The lowest BCUT2D eigenvalue weighted by atomic mass is 10.3. The molecule has 0 heterocycles. The summed E-state index contributed by atoms with van der Waals surface area (Å²) in [5.41, 5.74) is 0. The lowest BCUT2D eigenvalue weighted by molar-refractivity contribution is -0.143. The van der Waals surface area contributed by atoms with Crippen molar-refractivity contribution in [2.45, 2.75) is 23.2 Å². The molecule has 1 atom stereocenters. The van der Waals surface area contributed by atoms with Crippen LogP contribution in [0.25, 0.3) is 0 Å². The van der Waals surface area contributed by atoms with Gasteiger partial charge < -0.3 is 9.47 Å². The number of rotatable bonds is 4. The second-order valence-corrected chi connectivity index (χ2v) is 4.75. The summed E-state index contributed by atoms with van der Waals surface area (Å²) in [5, 5.41) is 0. The van der Waals surface area contributed by atoms with Crippen molar-refractivity contribution in [1.29, 1.82) is 0 Å². The maximum Gasteiger partial charge on any atom is 0.358 e. The molecule has 0 aliphatic rings. The zero-order valence-electron chi connectivity index (χ0n) is 7.35. The van der Waals surface area contributed by atoms with Crippen LogP contribution in [0, 0.1) is 0 Å². The highest BCUT2D eigenvalue weighted by Crippen LogP contribution is 2.27. The van der Waals surface area contributed by atoms with Crippen molar-refractivity contribution in [1.82, 2.24) is 0 Å². The van der Waals surface area contributed by atoms with E-state index in [1.165, 1.54) is 0 Å². The van der Waals surface area contributed by atoms with E-state index in [1.807, 2.05) is 6.92 Å². The average Bonchev–Trinajstić information content (AvgIpc) is 2.02. The largest absolute Gasteiger partial charge is 0.462 e. The fourth-order valence-corrected chi connectivity index (χ4v) is 0.681. The highest BCUT2D eigenvalue weighted by Gasteiger charge is 2.32. The first-order valence-corrected chi connectivity index (χ1v) is 4.78. The Bertz CT molecular complexity index is 167. The summed E-state index contributed by atoms with van der Waals surface area (Å²) in [7, 11) is 1.57. The highest BCUT2D eigenvalue weighted by atomic mass is 35.6. The molecule has 0 aromatic heterocycles. The third-order valence-electron chi connectivity index (χ3n) is 1.39. The summed E-state index contributed by atoms with van der Waals surface area (Å²) in [5.74, 6) is -0.860. The van der Waals surface area contributed by atoms with Crippen LogP contribution >= 0.6 is 34.8 Å². The molecule has 0 aromatic carbocycles. The maximum absolute atomic E-state index is 10.9. The third kappa shape index (κ3) is 6.38. The zero-order valence-corrected chi connectivity index (χ0v) is 9.62. The molecular formula is C7H11Cl3O3. The molecule has 0 bridgehead atoms. The van der Waals surface area contributed by atoms with Gasteiger partial charge in [-0.1, -0.05) is 34.8 Å². The minimum absolute atomic E-state index is 0.0168. The van der Waals surface area contributed by atoms with E-state index in [0.29, 0.717) is 6.42 Å². The molecule has 13 heavy (non-hydrogen) atoms. The number of carbonyl (C=O) groups excluding carboxylic acids is 1. The SMILES string of the molecule is COC(C)CCOC(=O)C(Cl)(Cl)Cl. The predicted octanol–water partition coefficient (Wildman–Crippen LogP) is 2.32. The highest BCUT2D eigenvalue weighted by molar-refractivity contribution is 6.75. The minimum atomic E-state index is -1.99. The van der Waals surface area contributed by atoms with E-state index in [1.54, 1.807) is 7.11 Å². The molecule has 0 saturated heterocycles. The molecule has 1 unspecified atom stereocenters. The van der Waals surface area contributed by atoms with Crippen molar-refractivity contribution >= 4 is 40.8 Å². The van der Waals surface area contributed by atoms with E-state index in [4.69, 9.17) is 39.5 Å². The van der Waals surface area contributed by atoms with Gasteiger partial charge in [-0.3, -0.25) is 0 Å². The second-order valence-electron chi connectivity index (χ2n) is 2.47. The molecule has 3 nitrogen and oxygen atoms in total. The molecule has 0 spiro atoms. The maximum atomic E-state index is 10.9. The van der Waals surface area contributed by atoms with Gasteiger partial charge in [-0.05, 0) is 6.92 Å². The van der Waals surface area contributed by atoms with Crippen molar-refractivity contribution in [2.75, 3.05) is 13.7 Å². The van der Waals surface area contributed by atoms with Crippen molar-refractivity contribution in [3.8, 4) is 0 Å². The number of halogens is 3. The topological polar surface area (TPSA) is 35.5 Å². The van der Waals surface area contributed by atoms with Crippen LogP contribution in [0.4, 0.5) is 0 Å². The average molecular weight is 250 g/mol. The summed E-state index contributed by atoms with van der Waals surface area (Å²) in [6, 6.07) is 0. The van der Waals surface area contributed by atoms with Crippen LogP contribution in [0.2, 0.25) is 0 Å². The number of alkyl halides is 3. The van der Waals surface area contributed by atoms with Gasteiger partial charge in [0.1, 0.15) is 0 Å². The molecule has 0 N–H and O–H groups in total. The Morgan fingerprint density at radius 3 is 2.38 bits per heavy atom. The quantitative estimate of drug-likeness (QED) is 0.567. The van der Waals surface area contributed by atoms with Gasteiger partial charge in [-0.15, -0.1) is 0 Å². The van der Waals surface area contributed by atoms with Gasteiger partial charge in [0.05, 0.1) is 12.7 Å². The van der Waals surface area contributed by atoms with Crippen LogP contribution < -0.4 is 0 Å². The van der Waals surface area contributed by atoms with E-state index >= 15 is 0 Å². The number of esters is 1. The van der Waals surface area contributed by atoms with Crippen LogP contribution in [0.15, 0.2) is 0 Å².